The second-order valence-corrected chi connectivity index (χ2v) is 10.1. The van der Waals surface area contributed by atoms with Gasteiger partial charge in [0, 0.05) is 44.0 Å². The van der Waals surface area contributed by atoms with Gasteiger partial charge in [-0.05, 0) is 26.3 Å². The van der Waals surface area contributed by atoms with Crippen LogP contribution in [-0.2, 0) is 29.0 Å². The van der Waals surface area contributed by atoms with Crippen LogP contribution >= 0.6 is 11.3 Å². The number of thiazole rings is 1. The first-order valence-corrected chi connectivity index (χ1v) is 11.8. The molecule has 0 spiro atoms. The van der Waals surface area contributed by atoms with Crippen molar-refractivity contribution in [3.05, 3.63) is 46.5 Å². The van der Waals surface area contributed by atoms with Crippen molar-refractivity contribution in [1.82, 2.24) is 14.8 Å². The van der Waals surface area contributed by atoms with Gasteiger partial charge in [-0.15, -0.1) is 0 Å². The molecular weight excluding hydrogens is 428 g/mol. The molecule has 8 nitrogen and oxygen atoms in total. The van der Waals surface area contributed by atoms with Crippen molar-refractivity contribution < 1.29 is 19.1 Å². The maximum Gasteiger partial charge on any atom is 0.410 e. The van der Waals surface area contributed by atoms with Crippen LogP contribution in [0.5, 0.6) is 0 Å². The number of benzene rings is 1. The summed E-state index contributed by atoms with van der Waals surface area (Å²) in [6, 6.07) is 9.69. The first-order valence-electron chi connectivity index (χ1n) is 11.0. The fraction of sp³-hybridized carbons (Fsp3) is 0.522. The van der Waals surface area contributed by atoms with Crippen LogP contribution in [0.2, 0.25) is 0 Å². The van der Waals surface area contributed by atoms with E-state index >= 15 is 0 Å². The van der Waals surface area contributed by atoms with Crippen molar-refractivity contribution in [3.63, 3.8) is 0 Å². The molecule has 0 atom stereocenters. The molecule has 1 fully saturated rings. The van der Waals surface area contributed by atoms with E-state index in [1.165, 1.54) is 0 Å². The lowest BCUT2D eigenvalue weighted by molar-refractivity contribution is 0.0240. The molecule has 0 bridgehead atoms. The van der Waals surface area contributed by atoms with Gasteiger partial charge in [-0.3, -0.25) is 0 Å². The van der Waals surface area contributed by atoms with Crippen LogP contribution in [0.3, 0.4) is 0 Å². The summed E-state index contributed by atoms with van der Waals surface area (Å²) in [7, 11) is 0. The standard InChI is InChI=1S/C23H30N4O4S/c1-23(2,3)31-22(29)26-13-11-25(12-14-26)20-24-18-9-10-27(15-19(18)32-20)21(28)30-16-17-7-5-4-6-8-17/h4-8H,9-16H2,1-3H3. The number of hydrogen-bond acceptors (Lipinski definition) is 7. The Kier molecular flexibility index (Phi) is 6.55. The number of nitrogens with zero attached hydrogens (tertiary/aromatic N) is 4. The van der Waals surface area contributed by atoms with E-state index in [1.807, 2.05) is 51.1 Å². The topological polar surface area (TPSA) is 75.2 Å². The third kappa shape index (κ3) is 5.51. The van der Waals surface area contributed by atoms with Crippen molar-refractivity contribution in [3.8, 4) is 0 Å². The highest BCUT2D eigenvalue weighted by molar-refractivity contribution is 7.15. The highest BCUT2D eigenvalue weighted by atomic mass is 32.1. The minimum atomic E-state index is -0.489. The average Bonchev–Trinajstić information content (AvgIpc) is 3.20. The van der Waals surface area contributed by atoms with Gasteiger partial charge in [-0.25, -0.2) is 14.6 Å². The summed E-state index contributed by atoms with van der Waals surface area (Å²) in [6.45, 7) is 9.69. The summed E-state index contributed by atoms with van der Waals surface area (Å²) >= 11 is 1.63. The summed E-state index contributed by atoms with van der Waals surface area (Å²) in [5, 5.41) is 0.957. The highest BCUT2D eigenvalue weighted by Gasteiger charge is 2.29. The van der Waals surface area contributed by atoms with E-state index in [1.54, 1.807) is 21.1 Å². The Morgan fingerprint density at radius 3 is 2.41 bits per heavy atom. The molecular formula is C23H30N4O4S. The van der Waals surface area contributed by atoms with Crippen LogP contribution < -0.4 is 4.90 Å². The largest absolute Gasteiger partial charge is 0.445 e. The Balaban J connectivity index is 1.30. The number of piperazine rings is 1. The second-order valence-electron chi connectivity index (χ2n) is 9.03. The second kappa shape index (κ2) is 9.36. The van der Waals surface area contributed by atoms with Crippen molar-refractivity contribution in [2.45, 2.75) is 45.9 Å². The third-order valence-corrected chi connectivity index (χ3v) is 6.53. The summed E-state index contributed by atoms with van der Waals surface area (Å²) < 4.78 is 11.0. The van der Waals surface area contributed by atoms with Gasteiger partial charge in [0.2, 0.25) is 0 Å². The van der Waals surface area contributed by atoms with Crippen LogP contribution in [0.1, 0.15) is 36.9 Å². The number of aromatic nitrogens is 1. The normalized spacial score (nSPS) is 16.5. The number of amides is 2. The number of rotatable bonds is 3. The summed E-state index contributed by atoms with van der Waals surface area (Å²) in [4.78, 5) is 36.4. The van der Waals surface area contributed by atoms with Crippen molar-refractivity contribution in [2.75, 3.05) is 37.6 Å². The van der Waals surface area contributed by atoms with E-state index in [4.69, 9.17) is 14.5 Å². The Labute approximate surface area is 192 Å². The first-order chi connectivity index (χ1) is 15.3. The smallest absolute Gasteiger partial charge is 0.410 e. The molecule has 4 rings (SSSR count). The average molecular weight is 459 g/mol. The Morgan fingerprint density at radius 1 is 1.00 bits per heavy atom. The predicted octanol–water partition coefficient (Wildman–Crippen LogP) is 3.90. The monoisotopic (exact) mass is 458 g/mol. The fourth-order valence-corrected chi connectivity index (χ4v) is 4.86. The van der Waals surface area contributed by atoms with Gasteiger partial charge < -0.3 is 24.2 Å². The van der Waals surface area contributed by atoms with E-state index in [2.05, 4.69) is 4.90 Å². The number of carbonyl (C=O) groups is 2. The Bertz CT molecular complexity index is 949. The van der Waals surface area contributed by atoms with Gasteiger partial charge in [-0.1, -0.05) is 41.7 Å². The molecule has 2 aliphatic heterocycles. The lowest BCUT2D eigenvalue weighted by Crippen LogP contribution is -2.50. The summed E-state index contributed by atoms with van der Waals surface area (Å²) in [6.07, 6.45) is 0.171. The molecule has 1 aromatic carbocycles. The van der Waals surface area contributed by atoms with Crippen molar-refractivity contribution >= 4 is 28.7 Å². The molecule has 0 unspecified atom stereocenters. The number of fused-ring (bicyclic) bond motifs is 1. The van der Waals surface area contributed by atoms with E-state index in [-0.39, 0.29) is 18.8 Å². The van der Waals surface area contributed by atoms with Crippen LogP contribution in [0.4, 0.5) is 14.7 Å². The van der Waals surface area contributed by atoms with Crippen LogP contribution in [0, 0.1) is 0 Å². The zero-order valence-corrected chi connectivity index (χ0v) is 19.7. The zero-order chi connectivity index (χ0) is 22.7. The molecule has 2 aromatic rings. The minimum absolute atomic E-state index is 0.264. The fourth-order valence-electron chi connectivity index (χ4n) is 3.69. The number of hydrogen-bond donors (Lipinski definition) is 0. The lowest BCUT2D eigenvalue weighted by Gasteiger charge is -2.35. The lowest BCUT2D eigenvalue weighted by atomic mass is 10.2. The number of ether oxygens (including phenoxy) is 2. The molecule has 0 aliphatic carbocycles. The van der Waals surface area contributed by atoms with E-state index < -0.39 is 5.60 Å². The first kappa shape index (κ1) is 22.4. The SMILES string of the molecule is CC(C)(C)OC(=O)N1CCN(c2nc3c(s2)CN(C(=O)OCc2ccccc2)CC3)CC1. The summed E-state index contributed by atoms with van der Waals surface area (Å²) in [5.41, 5.74) is 1.55. The molecule has 172 valence electrons. The maximum absolute atomic E-state index is 12.5. The molecule has 3 heterocycles. The molecule has 1 saturated heterocycles. The minimum Gasteiger partial charge on any atom is -0.445 e. The molecule has 9 heteroatoms. The van der Waals surface area contributed by atoms with Gasteiger partial charge in [0.1, 0.15) is 12.2 Å². The zero-order valence-electron chi connectivity index (χ0n) is 18.9. The molecule has 2 amide bonds. The molecule has 0 saturated carbocycles. The number of anilines is 1. The van der Waals surface area contributed by atoms with Crippen LogP contribution in [0.15, 0.2) is 30.3 Å². The van der Waals surface area contributed by atoms with Gasteiger partial charge in [-0.2, -0.15) is 0 Å². The van der Waals surface area contributed by atoms with Gasteiger partial charge in [0.15, 0.2) is 5.13 Å². The molecule has 2 aliphatic rings. The quantitative estimate of drug-likeness (QED) is 0.695. The molecule has 32 heavy (non-hydrogen) atoms. The van der Waals surface area contributed by atoms with Gasteiger partial charge >= 0.3 is 12.2 Å². The molecule has 1 aromatic heterocycles. The van der Waals surface area contributed by atoms with Crippen molar-refractivity contribution in [2.24, 2.45) is 0 Å². The maximum atomic E-state index is 12.5. The van der Waals surface area contributed by atoms with Gasteiger partial charge in [0.05, 0.1) is 12.2 Å². The summed E-state index contributed by atoms with van der Waals surface area (Å²) in [5.74, 6) is 0. The van der Waals surface area contributed by atoms with E-state index in [0.717, 1.165) is 27.7 Å². The molecule has 0 radical (unpaired) electrons. The number of carbonyl (C=O) groups excluding carboxylic acids is 2. The van der Waals surface area contributed by atoms with Gasteiger partial charge in [0.25, 0.3) is 0 Å². The van der Waals surface area contributed by atoms with Crippen LogP contribution in [0.25, 0.3) is 0 Å². The molecule has 0 N–H and O–H groups in total. The van der Waals surface area contributed by atoms with Crippen LogP contribution in [-0.4, -0.2) is 65.3 Å². The Hall–Kier alpha value is -2.81. The predicted molar refractivity (Wildman–Crippen MR) is 123 cm³/mol. The van der Waals surface area contributed by atoms with E-state index in [0.29, 0.717) is 39.3 Å². The third-order valence-electron chi connectivity index (χ3n) is 5.39. The Morgan fingerprint density at radius 2 is 1.72 bits per heavy atom. The highest BCUT2D eigenvalue weighted by Crippen LogP contribution is 2.31. The van der Waals surface area contributed by atoms with E-state index in [9.17, 15) is 9.59 Å². The van der Waals surface area contributed by atoms with Crippen molar-refractivity contribution in [1.29, 1.82) is 0 Å².